The van der Waals surface area contributed by atoms with Crippen LogP contribution < -0.4 is 5.73 Å². The van der Waals surface area contributed by atoms with E-state index in [0.717, 1.165) is 19.2 Å². The molecular formula is C15H23F3N2. The first-order chi connectivity index (χ1) is 9.28. The Labute approximate surface area is 118 Å². The fraction of sp³-hybridized carbons (Fsp3) is 0.600. The summed E-state index contributed by atoms with van der Waals surface area (Å²) in [4.78, 5) is 2.11. The van der Waals surface area contributed by atoms with Gasteiger partial charge in [0.15, 0.2) is 0 Å². The topological polar surface area (TPSA) is 29.3 Å². The molecule has 1 unspecified atom stereocenters. The molecule has 20 heavy (non-hydrogen) atoms. The molecule has 2 N–H and O–H groups in total. The molecule has 1 aromatic rings. The van der Waals surface area contributed by atoms with Gasteiger partial charge in [-0.15, -0.1) is 0 Å². The number of nitrogens with zero attached hydrogens (tertiary/aromatic N) is 1. The minimum Gasteiger partial charge on any atom is -0.329 e. The number of halogens is 3. The van der Waals surface area contributed by atoms with E-state index in [1.165, 1.54) is 6.07 Å². The van der Waals surface area contributed by atoms with Crippen LogP contribution in [0.4, 0.5) is 13.2 Å². The number of likely N-dealkylation sites (N-methyl/N-ethyl adjacent to an activating group) is 1. The first kappa shape index (κ1) is 17.0. The number of nitrogens with two attached hydrogens (primary N) is 1. The van der Waals surface area contributed by atoms with Gasteiger partial charge in [0.1, 0.15) is 0 Å². The lowest BCUT2D eigenvalue weighted by Crippen LogP contribution is -2.53. The molecule has 0 spiro atoms. The summed E-state index contributed by atoms with van der Waals surface area (Å²) < 4.78 is 39.1. The average molecular weight is 288 g/mol. The Morgan fingerprint density at radius 1 is 1.10 bits per heavy atom. The molecule has 0 aliphatic rings. The Morgan fingerprint density at radius 2 is 1.65 bits per heavy atom. The summed E-state index contributed by atoms with van der Waals surface area (Å²) in [6.45, 7) is 7.75. The van der Waals surface area contributed by atoms with Crippen molar-refractivity contribution in [3.05, 3.63) is 35.4 Å². The zero-order valence-electron chi connectivity index (χ0n) is 12.3. The number of rotatable bonds is 6. The zero-order chi connectivity index (χ0) is 15.4. The molecule has 1 atom stereocenters. The molecule has 0 amide bonds. The predicted molar refractivity (Wildman–Crippen MR) is 75.5 cm³/mol. The quantitative estimate of drug-likeness (QED) is 0.870. The molecule has 114 valence electrons. The van der Waals surface area contributed by atoms with Crippen LogP contribution in [0.25, 0.3) is 0 Å². The van der Waals surface area contributed by atoms with Crippen molar-refractivity contribution >= 4 is 0 Å². The van der Waals surface area contributed by atoms with E-state index in [1.54, 1.807) is 12.1 Å². The SMILES string of the molecule is CCN(CC)C(C)(CN)Cc1ccccc1C(F)(F)F. The maximum absolute atomic E-state index is 13.0. The molecular weight excluding hydrogens is 265 g/mol. The van der Waals surface area contributed by atoms with Crippen LogP contribution in [0.5, 0.6) is 0 Å². The molecule has 5 heteroatoms. The molecule has 0 aliphatic carbocycles. The van der Waals surface area contributed by atoms with Crippen LogP contribution in [0.2, 0.25) is 0 Å². The molecule has 0 aliphatic heterocycles. The van der Waals surface area contributed by atoms with Crippen LogP contribution in [-0.2, 0) is 12.6 Å². The number of hydrogen-bond acceptors (Lipinski definition) is 2. The van der Waals surface area contributed by atoms with Gasteiger partial charge in [0.05, 0.1) is 5.56 Å². The van der Waals surface area contributed by atoms with Gasteiger partial charge in [-0.2, -0.15) is 13.2 Å². The Morgan fingerprint density at radius 3 is 2.10 bits per heavy atom. The van der Waals surface area contributed by atoms with Gasteiger partial charge in [-0.3, -0.25) is 4.90 Å². The third-order valence-corrected chi connectivity index (χ3v) is 3.86. The van der Waals surface area contributed by atoms with Crippen LogP contribution >= 0.6 is 0 Å². The summed E-state index contributed by atoms with van der Waals surface area (Å²) in [6.07, 6.45) is -4.03. The third-order valence-electron chi connectivity index (χ3n) is 3.86. The van der Waals surface area contributed by atoms with Crippen molar-refractivity contribution in [2.75, 3.05) is 19.6 Å². The van der Waals surface area contributed by atoms with Crippen molar-refractivity contribution < 1.29 is 13.2 Å². The van der Waals surface area contributed by atoms with Gasteiger partial charge in [-0.1, -0.05) is 32.0 Å². The molecule has 0 saturated carbocycles. The maximum atomic E-state index is 13.0. The second-order valence-electron chi connectivity index (χ2n) is 5.21. The summed E-state index contributed by atoms with van der Waals surface area (Å²) in [6, 6.07) is 5.74. The second kappa shape index (κ2) is 6.59. The fourth-order valence-corrected chi connectivity index (χ4v) is 2.66. The lowest BCUT2D eigenvalue weighted by molar-refractivity contribution is -0.138. The minimum absolute atomic E-state index is 0.293. The van der Waals surface area contributed by atoms with Crippen molar-refractivity contribution in [3.8, 4) is 0 Å². The second-order valence-corrected chi connectivity index (χ2v) is 5.21. The monoisotopic (exact) mass is 288 g/mol. The van der Waals surface area contributed by atoms with E-state index in [4.69, 9.17) is 5.73 Å². The Hall–Kier alpha value is -1.07. The highest BCUT2D eigenvalue weighted by molar-refractivity contribution is 5.31. The lowest BCUT2D eigenvalue weighted by Gasteiger charge is -2.40. The summed E-state index contributed by atoms with van der Waals surface area (Å²) >= 11 is 0. The highest BCUT2D eigenvalue weighted by atomic mass is 19.4. The summed E-state index contributed by atoms with van der Waals surface area (Å²) in [7, 11) is 0. The van der Waals surface area contributed by atoms with E-state index in [-0.39, 0.29) is 0 Å². The van der Waals surface area contributed by atoms with E-state index >= 15 is 0 Å². The number of alkyl halides is 3. The van der Waals surface area contributed by atoms with Crippen molar-refractivity contribution in [2.45, 2.75) is 38.9 Å². The molecule has 0 saturated heterocycles. The number of hydrogen-bond donors (Lipinski definition) is 1. The maximum Gasteiger partial charge on any atom is 0.416 e. The average Bonchev–Trinajstić information content (AvgIpc) is 2.39. The molecule has 2 nitrogen and oxygen atoms in total. The van der Waals surface area contributed by atoms with Gasteiger partial charge in [0.25, 0.3) is 0 Å². The van der Waals surface area contributed by atoms with Crippen molar-refractivity contribution in [1.82, 2.24) is 4.90 Å². The fourth-order valence-electron chi connectivity index (χ4n) is 2.66. The summed E-state index contributed by atoms with van der Waals surface area (Å²) in [5.41, 5.74) is 5.12. The van der Waals surface area contributed by atoms with Crippen LogP contribution in [0.1, 0.15) is 31.9 Å². The van der Waals surface area contributed by atoms with Crippen molar-refractivity contribution in [3.63, 3.8) is 0 Å². The van der Waals surface area contributed by atoms with E-state index in [0.29, 0.717) is 18.5 Å². The van der Waals surface area contributed by atoms with Gasteiger partial charge in [-0.25, -0.2) is 0 Å². The predicted octanol–water partition coefficient (Wildman–Crippen LogP) is 3.31. The van der Waals surface area contributed by atoms with Gasteiger partial charge >= 0.3 is 6.18 Å². The minimum atomic E-state index is -4.32. The Balaban J connectivity index is 3.14. The Bertz CT molecular complexity index is 427. The van der Waals surface area contributed by atoms with Gasteiger partial charge in [0, 0.05) is 12.1 Å². The van der Waals surface area contributed by atoms with Crippen LogP contribution in [0.3, 0.4) is 0 Å². The van der Waals surface area contributed by atoms with Gasteiger partial charge < -0.3 is 5.73 Å². The highest BCUT2D eigenvalue weighted by Crippen LogP contribution is 2.34. The smallest absolute Gasteiger partial charge is 0.329 e. The Kier molecular flexibility index (Phi) is 5.59. The first-order valence-corrected chi connectivity index (χ1v) is 6.88. The molecule has 1 aromatic carbocycles. The van der Waals surface area contributed by atoms with Crippen molar-refractivity contribution in [1.29, 1.82) is 0 Å². The molecule has 1 rings (SSSR count). The normalized spacial score (nSPS) is 15.4. The summed E-state index contributed by atoms with van der Waals surface area (Å²) in [5.74, 6) is 0. The van der Waals surface area contributed by atoms with E-state index in [9.17, 15) is 13.2 Å². The first-order valence-electron chi connectivity index (χ1n) is 6.88. The zero-order valence-corrected chi connectivity index (χ0v) is 12.3. The highest BCUT2D eigenvalue weighted by Gasteiger charge is 2.36. The molecule has 0 aromatic heterocycles. The van der Waals surface area contributed by atoms with Gasteiger partial charge in [-0.05, 0) is 38.1 Å². The lowest BCUT2D eigenvalue weighted by atomic mass is 9.88. The van der Waals surface area contributed by atoms with Crippen molar-refractivity contribution in [2.24, 2.45) is 5.73 Å². The third kappa shape index (κ3) is 3.73. The van der Waals surface area contributed by atoms with Crippen LogP contribution in [-0.4, -0.2) is 30.1 Å². The van der Waals surface area contributed by atoms with Crippen LogP contribution in [0.15, 0.2) is 24.3 Å². The van der Waals surface area contributed by atoms with E-state index < -0.39 is 17.3 Å². The van der Waals surface area contributed by atoms with Crippen LogP contribution in [0, 0.1) is 0 Å². The largest absolute Gasteiger partial charge is 0.416 e. The molecule has 0 radical (unpaired) electrons. The van der Waals surface area contributed by atoms with E-state index in [1.807, 2.05) is 20.8 Å². The van der Waals surface area contributed by atoms with E-state index in [2.05, 4.69) is 4.90 Å². The van der Waals surface area contributed by atoms with Gasteiger partial charge in [0.2, 0.25) is 0 Å². The molecule has 0 heterocycles. The molecule has 0 bridgehead atoms. The molecule has 0 fully saturated rings. The number of benzene rings is 1. The summed E-state index contributed by atoms with van der Waals surface area (Å²) in [5, 5.41) is 0. The standard InChI is InChI=1S/C15H23F3N2/c1-4-20(5-2)14(3,11-19)10-12-8-6-7-9-13(12)15(16,17)18/h6-9H,4-5,10-11,19H2,1-3H3.